The maximum atomic E-state index is 2.67. The van der Waals surface area contributed by atoms with Crippen LogP contribution in [0.5, 0.6) is 0 Å². The van der Waals surface area contributed by atoms with Crippen molar-refractivity contribution in [2.75, 3.05) is 37.0 Å². The van der Waals surface area contributed by atoms with Crippen molar-refractivity contribution in [3.05, 3.63) is 24.3 Å². The summed E-state index contributed by atoms with van der Waals surface area (Å²) in [6, 6.07) is 8.97. The van der Waals surface area contributed by atoms with Gasteiger partial charge in [-0.25, -0.2) is 0 Å². The molecule has 1 aromatic rings. The molecule has 0 aliphatic carbocycles. The van der Waals surface area contributed by atoms with Crippen molar-refractivity contribution in [3.8, 4) is 0 Å². The highest BCUT2D eigenvalue weighted by atomic mass is 15.2. The molecule has 0 aromatic heterocycles. The zero-order chi connectivity index (χ0) is 21.9. The van der Waals surface area contributed by atoms with Gasteiger partial charge in [0.25, 0.3) is 0 Å². The van der Waals surface area contributed by atoms with Crippen LogP contribution in [0.1, 0.15) is 117 Å². The van der Waals surface area contributed by atoms with E-state index >= 15 is 0 Å². The van der Waals surface area contributed by atoms with Crippen molar-refractivity contribution in [3.63, 3.8) is 0 Å². The Hall–Kier alpha value is -1.18. The number of hydrogen-bond donors (Lipinski definition) is 0. The fourth-order valence-electron chi connectivity index (χ4n) is 4.34. The van der Waals surface area contributed by atoms with Gasteiger partial charge >= 0.3 is 0 Å². The first kappa shape index (κ1) is 26.9. The van der Waals surface area contributed by atoms with Crippen LogP contribution in [0.15, 0.2) is 24.3 Å². The third kappa shape index (κ3) is 12.5. The Kier molecular flexibility index (Phi) is 16.6. The van der Waals surface area contributed by atoms with Gasteiger partial charge in [0.05, 0.1) is 11.4 Å². The normalized spacial score (nSPS) is 11.1. The number of rotatable bonds is 20. The summed E-state index contributed by atoms with van der Waals surface area (Å²) in [5.74, 6) is 0. The molecule has 0 radical (unpaired) electrons. The third-order valence-electron chi connectivity index (χ3n) is 6.27. The molecule has 0 N–H and O–H groups in total. The predicted molar refractivity (Wildman–Crippen MR) is 138 cm³/mol. The number of anilines is 2. The Balaban J connectivity index is 2.43. The van der Waals surface area contributed by atoms with Crippen LogP contribution in [0.25, 0.3) is 0 Å². The van der Waals surface area contributed by atoms with E-state index in [1.807, 2.05) is 0 Å². The second kappa shape index (κ2) is 18.6. The van der Waals surface area contributed by atoms with Gasteiger partial charge in [-0.3, -0.25) is 0 Å². The van der Waals surface area contributed by atoms with Crippen LogP contribution in [0.2, 0.25) is 0 Å². The highest BCUT2D eigenvalue weighted by Gasteiger charge is 2.12. The summed E-state index contributed by atoms with van der Waals surface area (Å²) in [5.41, 5.74) is 2.78. The van der Waals surface area contributed by atoms with E-state index in [9.17, 15) is 0 Å². The number of nitrogens with zero attached hydrogens (tertiary/aromatic N) is 2. The van der Waals surface area contributed by atoms with E-state index in [1.165, 1.54) is 127 Å². The Labute approximate surface area is 189 Å². The van der Waals surface area contributed by atoms with Crippen molar-refractivity contribution in [1.29, 1.82) is 0 Å². The molecular weight excluding hydrogens is 364 g/mol. The molecule has 1 rings (SSSR count). The zero-order valence-electron chi connectivity index (χ0n) is 20.9. The van der Waals surface area contributed by atoms with Gasteiger partial charge in [-0.05, 0) is 25.0 Å². The average Bonchev–Trinajstić information content (AvgIpc) is 2.76. The van der Waals surface area contributed by atoms with Crippen molar-refractivity contribution in [1.82, 2.24) is 0 Å². The summed E-state index contributed by atoms with van der Waals surface area (Å²) in [6.07, 6.45) is 22.3. The molecule has 0 aliphatic rings. The van der Waals surface area contributed by atoms with Crippen molar-refractivity contribution in [2.45, 2.75) is 117 Å². The van der Waals surface area contributed by atoms with Crippen LogP contribution in [0.3, 0.4) is 0 Å². The topological polar surface area (TPSA) is 6.48 Å². The largest absolute Gasteiger partial charge is 0.376 e. The maximum absolute atomic E-state index is 2.67. The predicted octanol–water partition coefficient (Wildman–Crippen LogP) is 8.84. The lowest BCUT2D eigenvalue weighted by Crippen LogP contribution is -2.27. The summed E-state index contributed by atoms with van der Waals surface area (Å²) in [5, 5.41) is 0. The Morgan fingerprint density at radius 1 is 0.500 bits per heavy atom. The molecule has 0 amide bonds. The second-order valence-corrected chi connectivity index (χ2v) is 9.32. The van der Waals surface area contributed by atoms with Crippen LogP contribution in [-0.2, 0) is 0 Å². The number of hydrogen-bond acceptors (Lipinski definition) is 2. The van der Waals surface area contributed by atoms with E-state index in [4.69, 9.17) is 0 Å². The van der Waals surface area contributed by atoms with E-state index in [-0.39, 0.29) is 0 Å². The van der Waals surface area contributed by atoms with E-state index in [0.29, 0.717) is 0 Å². The Morgan fingerprint density at radius 3 is 1.27 bits per heavy atom. The molecule has 0 saturated heterocycles. The van der Waals surface area contributed by atoms with Crippen molar-refractivity contribution in [2.24, 2.45) is 0 Å². The molecule has 0 aliphatic heterocycles. The maximum Gasteiger partial charge on any atom is 0.0603 e. The molecule has 0 saturated carbocycles. The third-order valence-corrected chi connectivity index (χ3v) is 6.27. The number of benzene rings is 1. The first-order chi connectivity index (χ1) is 14.7. The van der Waals surface area contributed by atoms with Crippen LogP contribution in [0.4, 0.5) is 11.4 Å². The van der Waals surface area contributed by atoms with Gasteiger partial charge in [-0.15, -0.1) is 0 Å². The summed E-state index contributed by atoms with van der Waals surface area (Å²) >= 11 is 0. The highest BCUT2D eigenvalue weighted by Crippen LogP contribution is 2.28. The SMILES string of the molecule is CCCCCCCCCCN(CCCCCCCCCC)c1ccccc1N(C)C. The standard InChI is InChI=1S/C28H52N2/c1-5-7-9-11-13-15-17-21-25-30(26-22-18-16-14-12-10-8-6-2)28-24-20-19-23-27(28)29(3)4/h19-20,23-24H,5-18,21-22,25-26H2,1-4H3. The van der Waals surface area contributed by atoms with Gasteiger partial charge in [0, 0.05) is 27.2 Å². The molecule has 174 valence electrons. The summed E-state index contributed by atoms with van der Waals surface area (Å²) in [7, 11) is 4.34. The fourth-order valence-corrected chi connectivity index (χ4v) is 4.34. The lowest BCUT2D eigenvalue weighted by Gasteiger charge is -2.29. The fraction of sp³-hybridized carbons (Fsp3) is 0.786. The van der Waals surface area contributed by atoms with Crippen LogP contribution in [-0.4, -0.2) is 27.2 Å². The number of para-hydroxylation sites is 2. The van der Waals surface area contributed by atoms with Crippen LogP contribution < -0.4 is 9.80 Å². The lowest BCUT2D eigenvalue weighted by atomic mass is 10.1. The molecule has 1 aromatic carbocycles. The van der Waals surface area contributed by atoms with Gasteiger partial charge in [0.1, 0.15) is 0 Å². The minimum atomic E-state index is 1.20. The molecule has 2 heteroatoms. The summed E-state index contributed by atoms with van der Waals surface area (Å²) in [6.45, 7) is 7.01. The summed E-state index contributed by atoms with van der Waals surface area (Å²) < 4.78 is 0. The van der Waals surface area contributed by atoms with Gasteiger partial charge in [0.15, 0.2) is 0 Å². The van der Waals surface area contributed by atoms with E-state index in [0.717, 1.165) is 0 Å². The monoisotopic (exact) mass is 416 g/mol. The van der Waals surface area contributed by atoms with E-state index < -0.39 is 0 Å². The molecular formula is C28H52N2. The van der Waals surface area contributed by atoms with Gasteiger partial charge < -0.3 is 9.80 Å². The smallest absolute Gasteiger partial charge is 0.0603 e. The average molecular weight is 417 g/mol. The van der Waals surface area contributed by atoms with Crippen molar-refractivity contribution < 1.29 is 0 Å². The first-order valence-electron chi connectivity index (χ1n) is 13.2. The second-order valence-electron chi connectivity index (χ2n) is 9.32. The Bertz CT molecular complexity index is 477. The van der Waals surface area contributed by atoms with Crippen LogP contribution in [0, 0.1) is 0 Å². The van der Waals surface area contributed by atoms with Gasteiger partial charge in [0.2, 0.25) is 0 Å². The molecule has 0 atom stereocenters. The minimum absolute atomic E-state index is 1.20. The highest BCUT2D eigenvalue weighted by molar-refractivity contribution is 5.70. The number of unbranched alkanes of at least 4 members (excludes halogenated alkanes) is 14. The molecule has 30 heavy (non-hydrogen) atoms. The first-order valence-corrected chi connectivity index (χ1v) is 13.2. The zero-order valence-corrected chi connectivity index (χ0v) is 20.9. The Morgan fingerprint density at radius 2 is 0.867 bits per heavy atom. The van der Waals surface area contributed by atoms with Crippen LogP contribution >= 0.6 is 0 Å². The molecule has 0 heterocycles. The molecule has 0 unspecified atom stereocenters. The molecule has 0 bridgehead atoms. The summed E-state index contributed by atoms with van der Waals surface area (Å²) in [4.78, 5) is 4.94. The minimum Gasteiger partial charge on any atom is -0.376 e. The molecule has 0 fully saturated rings. The van der Waals surface area contributed by atoms with E-state index in [1.54, 1.807) is 0 Å². The van der Waals surface area contributed by atoms with Gasteiger partial charge in [-0.2, -0.15) is 0 Å². The molecule has 2 nitrogen and oxygen atoms in total. The molecule has 0 spiro atoms. The quantitative estimate of drug-likeness (QED) is 0.196. The van der Waals surface area contributed by atoms with Crippen molar-refractivity contribution >= 4 is 11.4 Å². The van der Waals surface area contributed by atoms with E-state index in [2.05, 4.69) is 62.0 Å². The van der Waals surface area contributed by atoms with Gasteiger partial charge in [-0.1, -0.05) is 116 Å². The lowest BCUT2D eigenvalue weighted by molar-refractivity contribution is 0.555.